The smallest absolute Gasteiger partial charge is 0.253 e. The van der Waals surface area contributed by atoms with Crippen LogP contribution in [0.4, 0.5) is 0 Å². The van der Waals surface area contributed by atoms with Gasteiger partial charge in [0.25, 0.3) is 5.91 Å². The largest absolute Gasteiger partial charge is 0.348 e. The SMILES string of the molecule is CCS(=O)(=O)c1ccc(CNC(=O)c2cnc3c(c2)CN(Cc2ccc(Cl)cc2)[C@H]3C(C)C)cc1. The summed E-state index contributed by atoms with van der Waals surface area (Å²) >= 11 is 6.04. The highest BCUT2D eigenvalue weighted by Crippen LogP contribution is 2.38. The lowest BCUT2D eigenvalue weighted by Crippen LogP contribution is -2.25. The predicted molar refractivity (Wildman–Crippen MR) is 138 cm³/mol. The molecule has 4 rings (SSSR count). The van der Waals surface area contributed by atoms with E-state index in [1.165, 1.54) is 5.56 Å². The average molecular weight is 512 g/mol. The molecule has 1 amide bonds. The van der Waals surface area contributed by atoms with E-state index >= 15 is 0 Å². The normalized spacial score (nSPS) is 15.9. The van der Waals surface area contributed by atoms with Crippen LogP contribution in [0.2, 0.25) is 5.02 Å². The quantitative estimate of drug-likeness (QED) is 0.451. The number of rotatable bonds is 8. The molecule has 0 unspecified atom stereocenters. The zero-order valence-corrected chi connectivity index (χ0v) is 21.7. The molecule has 0 aliphatic carbocycles. The fourth-order valence-electron chi connectivity index (χ4n) is 4.51. The summed E-state index contributed by atoms with van der Waals surface area (Å²) in [6, 6.07) is 16.6. The molecule has 2 heterocycles. The van der Waals surface area contributed by atoms with Gasteiger partial charge in [-0.25, -0.2) is 8.42 Å². The Morgan fingerprint density at radius 3 is 2.40 bits per heavy atom. The summed E-state index contributed by atoms with van der Waals surface area (Å²) in [4.78, 5) is 20.2. The summed E-state index contributed by atoms with van der Waals surface area (Å²) in [5.74, 6) is 0.224. The van der Waals surface area contributed by atoms with E-state index in [0.717, 1.165) is 34.9 Å². The van der Waals surface area contributed by atoms with Gasteiger partial charge in [0, 0.05) is 30.9 Å². The molecular formula is C27H30ClN3O3S. The van der Waals surface area contributed by atoms with Gasteiger partial charge in [0.15, 0.2) is 9.84 Å². The molecule has 0 saturated carbocycles. The van der Waals surface area contributed by atoms with E-state index in [2.05, 4.69) is 24.1 Å². The van der Waals surface area contributed by atoms with Crippen molar-refractivity contribution in [2.45, 2.75) is 51.3 Å². The molecule has 3 aromatic rings. The van der Waals surface area contributed by atoms with Crippen molar-refractivity contribution in [3.05, 3.63) is 93.8 Å². The molecule has 0 bridgehead atoms. The standard InChI is InChI=1S/C27H30ClN3O3S/c1-4-35(33,34)24-11-7-19(8-12-24)14-30-27(32)21-13-22-17-31(16-20-5-9-23(28)10-6-20)26(18(2)3)25(22)29-15-21/h5-13,15,18,26H,4,14,16-17H2,1-3H3,(H,30,32)/t26-/m0/s1. The molecule has 0 saturated heterocycles. The number of nitrogens with one attached hydrogen (secondary N) is 1. The number of hydrogen-bond donors (Lipinski definition) is 1. The first-order valence-electron chi connectivity index (χ1n) is 11.7. The van der Waals surface area contributed by atoms with Gasteiger partial charge in [-0.3, -0.25) is 14.7 Å². The number of benzene rings is 2. The molecule has 1 aromatic heterocycles. The van der Waals surface area contributed by atoms with E-state index < -0.39 is 9.84 Å². The van der Waals surface area contributed by atoms with Gasteiger partial charge in [0.05, 0.1) is 27.9 Å². The maximum Gasteiger partial charge on any atom is 0.253 e. The number of sulfone groups is 1. The molecule has 0 spiro atoms. The Balaban J connectivity index is 1.44. The number of pyridine rings is 1. The highest BCUT2D eigenvalue weighted by atomic mass is 35.5. The van der Waals surface area contributed by atoms with Crippen LogP contribution in [-0.4, -0.2) is 30.0 Å². The molecule has 8 heteroatoms. The van der Waals surface area contributed by atoms with Gasteiger partial charge < -0.3 is 5.32 Å². The van der Waals surface area contributed by atoms with Crippen molar-refractivity contribution in [2.24, 2.45) is 5.92 Å². The minimum atomic E-state index is -3.24. The Morgan fingerprint density at radius 1 is 1.11 bits per heavy atom. The molecule has 35 heavy (non-hydrogen) atoms. The van der Waals surface area contributed by atoms with E-state index in [9.17, 15) is 13.2 Å². The van der Waals surface area contributed by atoms with Crippen LogP contribution in [-0.2, 0) is 29.5 Å². The highest BCUT2D eigenvalue weighted by Gasteiger charge is 2.34. The molecule has 0 fully saturated rings. The van der Waals surface area contributed by atoms with Gasteiger partial charge in [-0.05, 0) is 52.9 Å². The van der Waals surface area contributed by atoms with Crippen LogP contribution in [0.3, 0.4) is 0 Å². The minimum Gasteiger partial charge on any atom is -0.348 e. The highest BCUT2D eigenvalue weighted by molar-refractivity contribution is 7.91. The number of carbonyl (C=O) groups excluding carboxylic acids is 1. The topological polar surface area (TPSA) is 79.4 Å². The number of fused-ring (bicyclic) bond motifs is 1. The second-order valence-corrected chi connectivity index (χ2v) is 11.9. The zero-order valence-electron chi connectivity index (χ0n) is 20.2. The van der Waals surface area contributed by atoms with Crippen LogP contribution in [0.15, 0.2) is 65.7 Å². The summed E-state index contributed by atoms with van der Waals surface area (Å²) in [5.41, 5.74) is 4.63. The summed E-state index contributed by atoms with van der Waals surface area (Å²) < 4.78 is 23.9. The molecule has 1 atom stereocenters. The number of nitrogens with zero attached hydrogens (tertiary/aromatic N) is 2. The molecular weight excluding hydrogens is 482 g/mol. The fourth-order valence-corrected chi connectivity index (χ4v) is 5.52. The third-order valence-electron chi connectivity index (χ3n) is 6.36. The third-order valence-corrected chi connectivity index (χ3v) is 8.36. The summed E-state index contributed by atoms with van der Waals surface area (Å²) in [6.07, 6.45) is 1.65. The summed E-state index contributed by atoms with van der Waals surface area (Å²) in [5, 5.41) is 3.63. The van der Waals surface area contributed by atoms with Gasteiger partial charge in [0.2, 0.25) is 0 Å². The molecule has 184 valence electrons. The second-order valence-electron chi connectivity index (χ2n) is 9.22. The first kappa shape index (κ1) is 25.4. The molecule has 1 aliphatic heterocycles. The number of carbonyl (C=O) groups is 1. The Bertz CT molecular complexity index is 1310. The second kappa shape index (κ2) is 10.5. The zero-order chi connectivity index (χ0) is 25.2. The van der Waals surface area contributed by atoms with Crippen molar-refractivity contribution in [2.75, 3.05) is 5.75 Å². The van der Waals surface area contributed by atoms with Crippen LogP contribution < -0.4 is 5.32 Å². The van der Waals surface area contributed by atoms with Crippen molar-refractivity contribution >= 4 is 27.3 Å². The summed E-state index contributed by atoms with van der Waals surface area (Å²) in [7, 11) is -3.24. The Labute approximate surface area is 212 Å². The van der Waals surface area contributed by atoms with Crippen molar-refractivity contribution in [3.8, 4) is 0 Å². The van der Waals surface area contributed by atoms with Crippen molar-refractivity contribution in [3.63, 3.8) is 0 Å². The van der Waals surface area contributed by atoms with Gasteiger partial charge in [0.1, 0.15) is 0 Å². The molecule has 1 aliphatic rings. The molecule has 6 nitrogen and oxygen atoms in total. The number of aromatic nitrogens is 1. The first-order valence-corrected chi connectivity index (χ1v) is 13.8. The lowest BCUT2D eigenvalue weighted by molar-refractivity contribution is 0.0950. The van der Waals surface area contributed by atoms with Crippen LogP contribution in [0, 0.1) is 5.92 Å². The molecule has 1 N–H and O–H groups in total. The Morgan fingerprint density at radius 2 is 1.77 bits per heavy atom. The van der Waals surface area contributed by atoms with Crippen LogP contribution in [0.1, 0.15) is 59.6 Å². The maximum atomic E-state index is 12.8. The Kier molecular flexibility index (Phi) is 7.59. The van der Waals surface area contributed by atoms with Crippen LogP contribution >= 0.6 is 11.6 Å². The molecule has 0 radical (unpaired) electrons. The molecule has 2 aromatic carbocycles. The number of amides is 1. The van der Waals surface area contributed by atoms with E-state index in [0.29, 0.717) is 22.9 Å². The minimum absolute atomic E-state index is 0.0587. The van der Waals surface area contributed by atoms with Crippen LogP contribution in [0.25, 0.3) is 0 Å². The predicted octanol–water partition coefficient (Wildman–Crippen LogP) is 5.17. The first-order chi connectivity index (χ1) is 16.7. The van der Waals surface area contributed by atoms with Gasteiger partial charge in [-0.2, -0.15) is 0 Å². The average Bonchev–Trinajstić information content (AvgIpc) is 3.21. The van der Waals surface area contributed by atoms with E-state index in [4.69, 9.17) is 16.6 Å². The van der Waals surface area contributed by atoms with E-state index in [1.54, 1.807) is 37.4 Å². The van der Waals surface area contributed by atoms with Crippen LogP contribution in [0.5, 0.6) is 0 Å². The lowest BCUT2D eigenvalue weighted by Gasteiger charge is -2.27. The van der Waals surface area contributed by atoms with E-state index in [-0.39, 0.29) is 17.7 Å². The van der Waals surface area contributed by atoms with Crippen molar-refractivity contribution in [1.29, 1.82) is 0 Å². The van der Waals surface area contributed by atoms with E-state index in [1.807, 2.05) is 30.3 Å². The van der Waals surface area contributed by atoms with Crippen molar-refractivity contribution < 1.29 is 13.2 Å². The maximum absolute atomic E-state index is 12.8. The summed E-state index contributed by atoms with van der Waals surface area (Å²) in [6.45, 7) is 7.81. The van der Waals surface area contributed by atoms with Crippen molar-refractivity contribution in [1.82, 2.24) is 15.2 Å². The fraction of sp³-hybridized carbons (Fsp3) is 0.333. The lowest BCUT2D eigenvalue weighted by atomic mass is 9.99. The third kappa shape index (κ3) is 5.74. The number of hydrogen-bond acceptors (Lipinski definition) is 5. The number of halogens is 1. The van der Waals surface area contributed by atoms with Gasteiger partial charge in [-0.15, -0.1) is 0 Å². The Hall–Kier alpha value is -2.74. The van der Waals surface area contributed by atoms with Gasteiger partial charge in [-0.1, -0.05) is 56.6 Å². The monoisotopic (exact) mass is 511 g/mol. The van der Waals surface area contributed by atoms with Gasteiger partial charge >= 0.3 is 0 Å².